The molecule has 1 N–H and O–H groups in total. The number of hydrogen-bond donors (Lipinski definition) is 1. The van der Waals surface area contributed by atoms with Gasteiger partial charge in [-0.3, -0.25) is 14.0 Å². The lowest BCUT2D eigenvalue weighted by molar-refractivity contribution is -0.116. The molecule has 3 aromatic rings. The Labute approximate surface area is 157 Å². The van der Waals surface area contributed by atoms with Gasteiger partial charge in [0.1, 0.15) is 18.0 Å². The molecule has 6 nitrogen and oxygen atoms in total. The number of aryl methyl sites for hydroxylation is 1. The predicted molar refractivity (Wildman–Crippen MR) is 105 cm³/mol. The maximum atomic E-state index is 12.2. The van der Waals surface area contributed by atoms with Gasteiger partial charge in [-0.2, -0.15) is 0 Å². The van der Waals surface area contributed by atoms with Crippen molar-refractivity contribution in [2.45, 2.75) is 33.8 Å². The van der Waals surface area contributed by atoms with E-state index in [0.29, 0.717) is 35.1 Å². The molecule has 0 unspecified atom stereocenters. The lowest BCUT2D eigenvalue weighted by atomic mass is 10.1. The summed E-state index contributed by atoms with van der Waals surface area (Å²) < 4.78 is 7.29. The number of nitrogens with one attached hydrogen (secondary N) is 1. The van der Waals surface area contributed by atoms with E-state index in [9.17, 15) is 9.59 Å². The molecule has 2 aromatic heterocycles. The van der Waals surface area contributed by atoms with Crippen molar-refractivity contribution < 1.29 is 9.53 Å². The van der Waals surface area contributed by atoms with Crippen molar-refractivity contribution in [1.29, 1.82) is 0 Å². The Balaban J connectivity index is 1.73. The summed E-state index contributed by atoms with van der Waals surface area (Å²) in [4.78, 5) is 28.7. The molecule has 3 rings (SSSR count). The summed E-state index contributed by atoms with van der Waals surface area (Å²) in [7, 11) is 0. The number of rotatable bonds is 6. The standard InChI is InChI=1S/C21H23N3O3/c1-14(2)10-19(25)22-16-7-4-8-18(11-16)27-13-17-12-20(26)24-9-5-6-15(3)21(24)23-17/h4-9,11-12,14H,10,13H2,1-3H3,(H,22,25). The first-order chi connectivity index (χ1) is 12.9. The highest BCUT2D eigenvalue weighted by atomic mass is 16.5. The van der Waals surface area contributed by atoms with Gasteiger partial charge in [0.05, 0.1) is 5.69 Å². The minimum Gasteiger partial charge on any atom is -0.487 e. The Kier molecular flexibility index (Phi) is 5.54. The molecule has 140 valence electrons. The highest BCUT2D eigenvalue weighted by Crippen LogP contribution is 2.19. The lowest BCUT2D eigenvalue weighted by Crippen LogP contribution is -2.17. The molecule has 0 saturated carbocycles. The van der Waals surface area contributed by atoms with Crippen LogP contribution in [0.2, 0.25) is 0 Å². The third-order valence-corrected chi connectivity index (χ3v) is 4.04. The number of benzene rings is 1. The molecule has 0 aliphatic heterocycles. The molecule has 6 heteroatoms. The number of pyridine rings is 1. The fourth-order valence-corrected chi connectivity index (χ4v) is 2.79. The van der Waals surface area contributed by atoms with E-state index in [0.717, 1.165) is 5.56 Å². The van der Waals surface area contributed by atoms with Crippen molar-refractivity contribution in [1.82, 2.24) is 9.38 Å². The van der Waals surface area contributed by atoms with Gasteiger partial charge >= 0.3 is 0 Å². The first kappa shape index (κ1) is 18.6. The van der Waals surface area contributed by atoms with Gasteiger partial charge in [0.2, 0.25) is 5.91 Å². The quantitative estimate of drug-likeness (QED) is 0.725. The van der Waals surface area contributed by atoms with Crippen LogP contribution in [0.15, 0.2) is 53.5 Å². The van der Waals surface area contributed by atoms with E-state index >= 15 is 0 Å². The van der Waals surface area contributed by atoms with E-state index in [2.05, 4.69) is 10.3 Å². The number of nitrogens with zero attached hydrogens (tertiary/aromatic N) is 2. The van der Waals surface area contributed by atoms with Gasteiger partial charge in [-0.25, -0.2) is 4.98 Å². The Hall–Kier alpha value is -3.15. The number of carbonyl (C=O) groups is 1. The zero-order valence-electron chi connectivity index (χ0n) is 15.7. The normalized spacial score (nSPS) is 11.0. The molecule has 0 spiro atoms. The van der Waals surface area contributed by atoms with E-state index in [1.54, 1.807) is 18.3 Å². The molecule has 0 bridgehead atoms. The first-order valence-corrected chi connectivity index (χ1v) is 8.93. The molecular weight excluding hydrogens is 342 g/mol. The highest BCUT2D eigenvalue weighted by molar-refractivity contribution is 5.90. The van der Waals surface area contributed by atoms with Crippen LogP contribution in [0.5, 0.6) is 5.75 Å². The smallest absolute Gasteiger partial charge is 0.258 e. The summed E-state index contributed by atoms with van der Waals surface area (Å²) in [6, 6.07) is 12.4. The molecule has 0 atom stereocenters. The van der Waals surface area contributed by atoms with E-state index in [-0.39, 0.29) is 18.1 Å². The van der Waals surface area contributed by atoms with Crippen LogP contribution in [-0.4, -0.2) is 15.3 Å². The Morgan fingerprint density at radius 1 is 1.22 bits per heavy atom. The van der Waals surface area contributed by atoms with Crippen LogP contribution >= 0.6 is 0 Å². The lowest BCUT2D eigenvalue weighted by Gasteiger charge is -2.10. The molecule has 27 heavy (non-hydrogen) atoms. The zero-order chi connectivity index (χ0) is 19.4. The Morgan fingerprint density at radius 3 is 2.81 bits per heavy atom. The SMILES string of the molecule is Cc1cccn2c(=O)cc(COc3cccc(NC(=O)CC(C)C)c3)nc12. The topological polar surface area (TPSA) is 72.7 Å². The number of fused-ring (bicyclic) bond motifs is 1. The number of ether oxygens (including phenoxy) is 1. The van der Waals surface area contributed by atoms with Gasteiger partial charge in [-0.1, -0.05) is 26.0 Å². The van der Waals surface area contributed by atoms with Crippen molar-refractivity contribution in [3.63, 3.8) is 0 Å². The average molecular weight is 365 g/mol. The fourth-order valence-electron chi connectivity index (χ4n) is 2.79. The molecule has 2 heterocycles. The molecule has 0 aliphatic rings. The van der Waals surface area contributed by atoms with E-state index in [4.69, 9.17) is 4.74 Å². The number of hydrogen-bond acceptors (Lipinski definition) is 4. The highest BCUT2D eigenvalue weighted by Gasteiger charge is 2.08. The van der Waals surface area contributed by atoms with E-state index in [1.807, 2.05) is 45.0 Å². The second kappa shape index (κ2) is 8.03. The molecule has 0 radical (unpaired) electrons. The maximum absolute atomic E-state index is 12.2. The monoisotopic (exact) mass is 365 g/mol. The van der Waals surface area contributed by atoms with Gasteiger partial charge in [-0.15, -0.1) is 0 Å². The van der Waals surface area contributed by atoms with Crippen LogP contribution in [0.1, 0.15) is 31.5 Å². The van der Waals surface area contributed by atoms with Crippen molar-refractivity contribution >= 4 is 17.2 Å². The zero-order valence-corrected chi connectivity index (χ0v) is 15.7. The Bertz CT molecular complexity index is 1020. The van der Waals surface area contributed by atoms with Crippen molar-refractivity contribution in [2.75, 3.05) is 5.32 Å². The summed E-state index contributed by atoms with van der Waals surface area (Å²) in [6.45, 7) is 6.08. The van der Waals surface area contributed by atoms with Gasteiger partial charge in [0, 0.05) is 30.4 Å². The summed E-state index contributed by atoms with van der Waals surface area (Å²) in [5.74, 6) is 0.872. The van der Waals surface area contributed by atoms with E-state index < -0.39 is 0 Å². The van der Waals surface area contributed by atoms with Crippen LogP contribution < -0.4 is 15.6 Å². The molecule has 0 fully saturated rings. The van der Waals surface area contributed by atoms with Gasteiger partial charge in [0.25, 0.3) is 5.56 Å². The number of amides is 1. The second-order valence-electron chi connectivity index (χ2n) is 6.93. The van der Waals surface area contributed by atoms with Crippen LogP contribution in [-0.2, 0) is 11.4 Å². The molecule has 1 aromatic carbocycles. The second-order valence-corrected chi connectivity index (χ2v) is 6.93. The summed E-state index contributed by atoms with van der Waals surface area (Å²) in [5.41, 5.74) is 2.64. The van der Waals surface area contributed by atoms with Crippen molar-refractivity contribution in [2.24, 2.45) is 5.92 Å². The van der Waals surface area contributed by atoms with Crippen LogP contribution in [0.3, 0.4) is 0 Å². The van der Waals surface area contributed by atoms with Crippen LogP contribution in [0.25, 0.3) is 5.65 Å². The summed E-state index contributed by atoms with van der Waals surface area (Å²) in [6.07, 6.45) is 2.17. The molecule has 0 aliphatic carbocycles. The van der Waals surface area contributed by atoms with Crippen LogP contribution in [0.4, 0.5) is 5.69 Å². The molecule has 1 amide bonds. The summed E-state index contributed by atoms with van der Waals surface area (Å²) in [5, 5.41) is 2.86. The largest absolute Gasteiger partial charge is 0.487 e. The first-order valence-electron chi connectivity index (χ1n) is 8.93. The van der Waals surface area contributed by atoms with Crippen LogP contribution in [0, 0.1) is 12.8 Å². The maximum Gasteiger partial charge on any atom is 0.258 e. The predicted octanol–water partition coefficient (Wildman–Crippen LogP) is 3.57. The van der Waals surface area contributed by atoms with Crippen molar-refractivity contribution in [3.8, 4) is 5.75 Å². The minimum absolute atomic E-state index is 0.0261. The fraction of sp³-hybridized carbons (Fsp3) is 0.286. The molecule has 0 saturated heterocycles. The number of carbonyl (C=O) groups excluding carboxylic acids is 1. The Morgan fingerprint density at radius 2 is 2.04 bits per heavy atom. The third-order valence-electron chi connectivity index (χ3n) is 4.04. The average Bonchev–Trinajstić information content (AvgIpc) is 2.60. The summed E-state index contributed by atoms with van der Waals surface area (Å²) >= 11 is 0. The third kappa shape index (κ3) is 4.73. The molecular formula is C21H23N3O3. The van der Waals surface area contributed by atoms with Crippen molar-refractivity contribution in [3.05, 3.63) is 70.3 Å². The number of aromatic nitrogens is 2. The van der Waals surface area contributed by atoms with Gasteiger partial charge in [-0.05, 0) is 36.6 Å². The van der Waals surface area contributed by atoms with Gasteiger partial charge < -0.3 is 10.1 Å². The van der Waals surface area contributed by atoms with E-state index in [1.165, 1.54) is 10.5 Å². The number of anilines is 1. The van der Waals surface area contributed by atoms with Gasteiger partial charge in [0.15, 0.2) is 0 Å². The minimum atomic E-state index is -0.142.